The summed E-state index contributed by atoms with van der Waals surface area (Å²) in [5.74, 6) is 0.622. The highest BCUT2D eigenvalue weighted by Gasteiger charge is 2.30. The minimum absolute atomic E-state index is 0.243. The first-order valence-electron chi connectivity index (χ1n) is 7.77. The van der Waals surface area contributed by atoms with Crippen LogP contribution in [0.15, 0.2) is 28.8 Å². The normalized spacial score (nSPS) is 18.5. The second kappa shape index (κ2) is 6.76. The fraction of sp³-hybridized carbons (Fsp3) is 0.438. The Morgan fingerprint density at radius 1 is 1.39 bits per heavy atom. The summed E-state index contributed by atoms with van der Waals surface area (Å²) in [5, 5.41) is 6.56. The van der Waals surface area contributed by atoms with Gasteiger partial charge in [0.05, 0.1) is 0 Å². The smallest absolute Gasteiger partial charge is 0.322 e. The number of rotatable bonds is 2. The first kappa shape index (κ1) is 15.5. The monoisotopic (exact) mass is 318 g/mol. The molecule has 2 amide bonds. The van der Waals surface area contributed by atoms with Gasteiger partial charge in [-0.1, -0.05) is 24.1 Å². The second-order valence-electron chi connectivity index (χ2n) is 5.68. The SMILES string of the molecule is Cc1noc(C2CCCCCN2C(=O)Nc2cccc(F)c2)n1. The molecule has 6 nitrogen and oxygen atoms in total. The lowest BCUT2D eigenvalue weighted by atomic mass is 10.1. The number of nitrogens with zero attached hydrogens (tertiary/aromatic N) is 3. The van der Waals surface area contributed by atoms with Crippen LogP contribution in [-0.2, 0) is 0 Å². The number of nitrogens with one attached hydrogen (secondary N) is 1. The maximum atomic E-state index is 13.3. The zero-order valence-electron chi connectivity index (χ0n) is 13.0. The van der Waals surface area contributed by atoms with Crippen LogP contribution in [0.3, 0.4) is 0 Å². The van der Waals surface area contributed by atoms with E-state index in [1.165, 1.54) is 12.1 Å². The summed E-state index contributed by atoms with van der Waals surface area (Å²) in [6, 6.07) is 5.33. The number of likely N-dealkylation sites (tertiary alicyclic amines) is 1. The Labute approximate surface area is 133 Å². The van der Waals surface area contributed by atoms with Crippen LogP contribution >= 0.6 is 0 Å². The molecule has 1 atom stereocenters. The number of urea groups is 1. The van der Waals surface area contributed by atoms with Crippen molar-refractivity contribution in [2.24, 2.45) is 0 Å². The molecule has 2 aromatic rings. The predicted molar refractivity (Wildman–Crippen MR) is 82.4 cm³/mol. The van der Waals surface area contributed by atoms with E-state index >= 15 is 0 Å². The molecule has 1 aromatic carbocycles. The third kappa shape index (κ3) is 3.67. The van der Waals surface area contributed by atoms with Gasteiger partial charge in [-0.2, -0.15) is 4.98 Å². The van der Waals surface area contributed by atoms with Crippen LogP contribution in [0.1, 0.15) is 43.4 Å². The van der Waals surface area contributed by atoms with Crippen molar-refractivity contribution in [2.45, 2.75) is 38.6 Å². The van der Waals surface area contributed by atoms with Gasteiger partial charge in [0, 0.05) is 12.2 Å². The number of amides is 2. The number of carbonyl (C=O) groups excluding carboxylic acids is 1. The molecule has 1 fully saturated rings. The quantitative estimate of drug-likeness (QED) is 0.917. The van der Waals surface area contributed by atoms with E-state index in [1.807, 2.05) is 0 Å². The van der Waals surface area contributed by atoms with Crippen molar-refractivity contribution < 1.29 is 13.7 Å². The molecule has 1 saturated heterocycles. The van der Waals surface area contributed by atoms with E-state index in [0.717, 1.165) is 25.7 Å². The first-order valence-corrected chi connectivity index (χ1v) is 7.77. The van der Waals surface area contributed by atoms with E-state index in [1.54, 1.807) is 24.0 Å². The first-order chi connectivity index (χ1) is 11.1. The van der Waals surface area contributed by atoms with E-state index < -0.39 is 0 Å². The average molecular weight is 318 g/mol. The molecule has 122 valence electrons. The Bertz CT molecular complexity index is 688. The molecule has 23 heavy (non-hydrogen) atoms. The maximum absolute atomic E-state index is 13.3. The molecule has 1 unspecified atom stereocenters. The molecule has 0 aliphatic carbocycles. The Hall–Kier alpha value is -2.44. The molecule has 0 radical (unpaired) electrons. The maximum Gasteiger partial charge on any atom is 0.322 e. The van der Waals surface area contributed by atoms with E-state index in [4.69, 9.17) is 4.52 Å². The van der Waals surface area contributed by atoms with Crippen molar-refractivity contribution in [3.05, 3.63) is 41.8 Å². The highest BCUT2D eigenvalue weighted by Crippen LogP contribution is 2.29. The summed E-state index contributed by atoms with van der Waals surface area (Å²) in [6.45, 7) is 2.36. The number of hydrogen-bond acceptors (Lipinski definition) is 4. The third-order valence-electron chi connectivity index (χ3n) is 3.92. The van der Waals surface area contributed by atoms with Crippen molar-refractivity contribution in [1.29, 1.82) is 0 Å². The van der Waals surface area contributed by atoms with Crippen LogP contribution in [0.5, 0.6) is 0 Å². The Balaban J connectivity index is 1.80. The molecule has 1 N–H and O–H groups in total. The van der Waals surface area contributed by atoms with Crippen molar-refractivity contribution in [2.75, 3.05) is 11.9 Å². The lowest BCUT2D eigenvalue weighted by molar-refractivity contribution is 0.171. The van der Waals surface area contributed by atoms with Gasteiger partial charge in [-0.05, 0) is 38.0 Å². The average Bonchev–Trinajstić information content (AvgIpc) is 2.81. The molecular weight excluding hydrogens is 299 g/mol. The topological polar surface area (TPSA) is 71.3 Å². The summed E-state index contributed by atoms with van der Waals surface area (Å²) < 4.78 is 18.5. The van der Waals surface area contributed by atoms with Gasteiger partial charge in [-0.25, -0.2) is 9.18 Å². The second-order valence-corrected chi connectivity index (χ2v) is 5.68. The largest absolute Gasteiger partial charge is 0.337 e. The summed E-state index contributed by atoms with van der Waals surface area (Å²) in [7, 11) is 0. The zero-order valence-corrected chi connectivity index (χ0v) is 13.0. The molecule has 0 spiro atoms. The Morgan fingerprint density at radius 2 is 2.26 bits per heavy atom. The van der Waals surface area contributed by atoms with Crippen LogP contribution in [0.25, 0.3) is 0 Å². The minimum Gasteiger partial charge on any atom is -0.337 e. The molecule has 0 bridgehead atoms. The predicted octanol–water partition coefficient (Wildman–Crippen LogP) is 3.67. The number of hydrogen-bond donors (Lipinski definition) is 1. The molecule has 7 heteroatoms. The van der Waals surface area contributed by atoms with E-state index in [-0.39, 0.29) is 17.9 Å². The van der Waals surface area contributed by atoms with Gasteiger partial charge >= 0.3 is 6.03 Å². The zero-order chi connectivity index (χ0) is 16.2. The molecular formula is C16H19FN4O2. The van der Waals surface area contributed by atoms with Crippen LogP contribution in [-0.4, -0.2) is 27.6 Å². The number of aromatic nitrogens is 2. The van der Waals surface area contributed by atoms with Crippen molar-refractivity contribution >= 4 is 11.7 Å². The van der Waals surface area contributed by atoms with Crippen LogP contribution in [0.4, 0.5) is 14.9 Å². The van der Waals surface area contributed by atoms with Gasteiger partial charge in [0.15, 0.2) is 5.82 Å². The summed E-state index contributed by atoms with van der Waals surface area (Å²) >= 11 is 0. The lowest BCUT2D eigenvalue weighted by Gasteiger charge is -2.27. The third-order valence-corrected chi connectivity index (χ3v) is 3.92. The highest BCUT2D eigenvalue weighted by molar-refractivity contribution is 5.89. The molecule has 1 aromatic heterocycles. The summed E-state index contributed by atoms with van der Waals surface area (Å²) in [5.41, 5.74) is 0.430. The fourth-order valence-electron chi connectivity index (χ4n) is 2.82. The number of carbonyl (C=O) groups is 1. The number of anilines is 1. The van der Waals surface area contributed by atoms with Gasteiger partial charge in [0.25, 0.3) is 0 Å². The number of halogens is 1. The van der Waals surface area contributed by atoms with Gasteiger partial charge in [-0.3, -0.25) is 0 Å². The van der Waals surface area contributed by atoms with E-state index in [0.29, 0.717) is 23.9 Å². The van der Waals surface area contributed by atoms with Crippen LogP contribution < -0.4 is 5.32 Å². The van der Waals surface area contributed by atoms with Crippen LogP contribution in [0.2, 0.25) is 0 Å². The summed E-state index contributed by atoms with van der Waals surface area (Å²) in [4.78, 5) is 18.6. The van der Waals surface area contributed by atoms with Crippen molar-refractivity contribution in [1.82, 2.24) is 15.0 Å². The molecule has 0 saturated carbocycles. The molecule has 1 aliphatic heterocycles. The van der Waals surface area contributed by atoms with E-state index in [9.17, 15) is 9.18 Å². The van der Waals surface area contributed by atoms with E-state index in [2.05, 4.69) is 15.5 Å². The molecule has 1 aliphatic rings. The van der Waals surface area contributed by atoms with Gasteiger partial charge in [-0.15, -0.1) is 0 Å². The van der Waals surface area contributed by atoms with Gasteiger partial charge < -0.3 is 14.7 Å². The van der Waals surface area contributed by atoms with Crippen LogP contribution in [0, 0.1) is 12.7 Å². The molecule has 3 rings (SSSR count). The van der Waals surface area contributed by atoms with Crippen molar-refractivity contribution in [3.8, 4) is 0 Å². The minimum atomic E-state index is -0.386. The van der Waals surface area contributed by atoms with Crippen molar-refractivity contribution in [3.63, 3.8) is 0 Å². The standard InChI is InChI=1S/C16H19FN4O2/c1-11-18-15(23-20-11)14-8-3-2-4-9-21(14)16(22)19-13-7-5-6-12(17)10-13/h5-7,10,14H,2-4,8-9H2,1H3,(H,19,22). The summed E-state index contributed by atoms with van der Waals surface area (Å²) in [6.07, 6.45) is 3.74. The fourth-order valence-corrected chi connectivity index (χ4v) is 2.82. The Morgan fingerprint density at radius 3 is 3.00 bits per heavy atom. The number of benzene rings is 1. The Kier molecular flexibility index (Phi) is 4.55. The highest BCUT2D eigenvalue weighted by atomic mass is 19.1. The van der Waals surface area contributed by atoms with Gasteiger partial charge in [0.1, 0.15) is 11.9 Å². The number of aryl methyl sites for hydroxylation is 1. The lowest BCUT2D eigenvalue weighted by Crippen LogP contribution is -2.38. The van der Waals surface area contributed by atoms with Gasteiger partial charge in [0.2, 0.25) is 5.89 Å². The molecule has 2 heterocycles.